The summed E-state index contributed by atoms with van der Waals surface area (Å²) in [5.41, 5.74) is 0. The van der Waals surface area contributed by atoms with Gasteiger partial charge in [-0.2, -0.15) is 0 Å². The lowest BCUT2D eigenvalue weighted by Gasteiger charge is -2.40. The highest BCUT2D eigenvalue weighted by Gasteiger charge is 2.28. The van der Waals surface area contributed by atoms with Gasteiger partial charge in [0, 0.05) is 31.8 Å². The predicted molar refractivity (Wildman–Crippen MR) is 84.9 cm³/mol. The van der Waals surface area contributed by atoms with Crippen LogP contribution in [-0.2, 0) is 0 Å². The molecule has 1 aliphatic carbocycles. The fourth-order valence-corrected chi connectivity index (χ4v) is 3.95. The van der Waals surface area contributed by atoms with E-state index in [1.54, 1.807) is 0 Å². The molecule has 0 aromatic carbocycles. The van der Waals surface area contributed by atoms with E-state index in [1.807, 2.05) is 0 Å². The summed E-state index contributed by atoms with van der Waals surface area (Å²) in [5, 5.41) is 12.9. The van der Waals surface area contributed by atoms with Gasteiger partial charge in [0.25, 0.3) is 0 Å². The van der Waals surface area contributed by atoms with Gasteiger partial charge in [0.05, 0.1) is 0 Å². The second kappa shape index (κ2) is 8.35. The summed E-state index contributed by atoms with van der Waals surface area (Å²) in [6.45, 7) is 8.62. The molecule has 1 saturated heterocycles. The summed E-state index contributed by atoms with van der Waals surface area (Å²) in [5.74, 6) is 1.69. The Morgan fingerprint density at radius 1 is 1.15 bits per heavy atom. The lowest BCUT2D eigenvalue weighted by Crippen LogP contribution is -2.52. The molecule has 2 unspecified atom stereocenters. The van der Waals surface area contributed by atoms with Crippen LogP contribution >= 0.6 is 0 Å². The van der Waals surface area contributed by atoms with Crippen LogP contribution < -0.4 is 5.32 Å². The number of hydrogen-bond donors (Lipinski definition) is 2. The molecule has 118 valence electrons. The van der Waals surface area contributed by atoms with Crippen LogP contribution in [0.4, 0.5) is 0 Å². The van der Waals surface area contributed by atoms with Crippen LogP contribution in [0.1, 0.15) is 58.8 Å². The number of nitrogens with one attached hydrogen (secondary N) is 1. The molecule has 0 aromatic heterocycles. The summed E-state index contributed by atoms with van der Waals surface area (Å²) >= 11 is 0. The van der Waals surface area contributed by atoms with Gasteiger partial charge in [-0.15, -0.1) is 0 Å². The van der Waals surface area contributed by atoms with Gasteiger partial charge in [0.15, 0.2) is 0 Å². The molecule has 2 rings (SSSR count). The SMILES string of the molecule is CC(C)N1CC(CCCO)CC(NCC2CCCC2)C1. The van der Waals surface area contributed by atoms with Crippen LogP contribution in [-0.4, -0.2) is 48.3 Å². The largest absolute Gasteiger partial charge is 0.396 e. The molecule has 2 N–H and O–H groups in total. The quantitative estimate of drug-likeness (QED) is 0.753. The van der Waals surface area contributed by atoms with E-state index in [4.69, 9.17) is 5.11 Å². The number of aliphatic hydroxyl groups is 1. The zero-order valence-electron chi connectivity index (χ0n) is 13.5. The van der Waals surface area contributed by atoms with Crippen LogP contribution in [0.15, 0.2) is 0 Å². The first-order valence-corrected chi connectivity index (χ1v) is 8.77. The maximum absolute atomic E-state index is 9.06. The van der Waals surface area contributed by atoms with Crippen molar-refractivity contribution in [2.75, 3.05) is 26.2 Å². The predicted octanol–water partition coefficient (Wildman–Crippen LogP) is 2.64. The summed E-state index contributed by atoms with van der Waals surface area (Å²) in [4.78, 5) is 2.62. The van der Waals surface area contributed by atoms with Crippen LogP contribution in [0.3, 0.4) is 0 Å². The molecule has 0 aromatic rings. The molecule has 0 amide bonds. The van der Waals surface area contributed by atoms with Gasteiger partial charge >= 0.3 is 0 Å². The van der Waals surface area contributed by atoms with Crippen molar-refractivity contribution in [3.63, 3.8) is 0 Å². The molecule has 3 nitrogen and oxygen atoms in total. The summed E-state index contributed by atoms with van der Waals surface area (Å²) in [7, 11) is 0. The fraction of sp³-hybridized carbons (Fsp3) is 1.00. The van der Waals surface area contributed by atoms with Crippen molar-refractivity contribution in [3.05, 3.63) is 0 Å². The molecule has 20 heavy (non-hydrogen) atoms. The first kappa shape index (κ1) is 16.3. The Hall–Kier alpha value is -0.120. The maximum Gasteiger partial charge on any atom is 0.0431 e. The van der Waals surface area contributed by atoms with Crippen molar-refractivity contribution in [1.29, 1.82) is 0 Å². The highest BCUT2D eigenvalue weighted by atomic mass is 16.2. The van der Waals surface area contributed by atoms with Gasteiger partial charge in [-0.25, -0.2) is 0 Å². The molecule has 0 bridgehead atoms. The molecule has 0 spiro atoms. The van der Waals surface area contributed by atoms with Crippen LogP contribution in [0.25, 0.3) is 0 Å². The van der Waals surface area contributed by atoms with E-state index in [9.17, 15) is 0 Å². The third-order valence-electron chi connectivity index (χ3n) is 5.24. The molecule has 1 saturated carbocycles. The van der Waals surface area contributed by atoms with Crippen LogP contribution in [0.2, 0.25) is 0 Å². The first-order valence-electron chi connectivity index (χ1n) is 8.77. The summed E-state index contributed by atoms with van der Waals surface area (Å²) < 4.78 is 0. The van der Waals surface area contributed by atoms with Crippen molar-refractivity contribution in [3.8, 4) is 0 Å². The van der Waals surface area contributed by atoms with Crippen LogP contribution in [0, 0.1) is 11.8 Å². The summed E-state index contributed by atoms with van der Waals surface area (Å²) in [6.07, 6.45) is 9.19. The molecule has 3 heteroatoms. The van der Waals surface area contributed by atoms with Gasteiger partial charge < -0.3 is 10.4 Å². The second-order valence-electron chi connectivity index (χ2n) is 7.27. The average molecular weight is 282 g/mol. The van der Waals surface area contributed by atoms with E-state index in [0.717, 1.165) is 18.3 Å². The van der Waals surface area contributed by atoms with Crippen LogP contribution in [0.5, 0.6) is 0 Å². The molecule has 0 radical (unpaired) electrons. The molecular weight excluding hydrogens is 248 g/mol. The van der Waals surface area contributed by atoms with Crippen molar-refractivity contribution in [1.82, 2.24) is 10.2 Å². The highest BCUT2D eigenvalue weighted by Crippen LogP contribution is 2.26. The van der Waals surface area contributed by atoms with Crippen molar-refractivity contribution < 1.29 is 5.11 Å². The Morgan fingerprint density at radius 2 is 1.90 bits per heavy atom. The number of likely N-dealkylation sites (tertiary alicyclic amines) is 1. The Balaban J connectivity index is 1.79. The smallest absolute Gasteiger partial charge is 0.0431 e. The summed E-state index contributed by atoms with van der Waals surface area (Å²) in [6, 6.07) is 1.30. The highest BCUT2D eigenvalue weighted by molar-refractivity contribution is 4.86. The zero-order valence-corrected chi connectivity index (χ0v) is 13.5. The minimum atomic E-state index is 0.346. The van der Waals surface area contributed by atoms with Crippen molar-refractivity contribution in [2.45, 2.75) is 70.9 Å². The van der Waals surface area contributed by atoms with E-state index in [2.05, 4.69) is 24.1 Å². The topological polar surface area (TPSA) is 35.5 Å². The Labute approximate surface area is 125 Å². The number of piperidine rings is 1. The van der Waals surface area contributed by atoms with Gasteiger partial charge in [-0.05, 0) is 64.3 Å². The lowest BCUT2D eigenvalue weighted by atomic mass is 9.89. The number of aliphatic hydroxyl groups excluding tert-OH is 1. The van der Waals surface area contributed by atoms with E-state index < -0.39 is 0 Å². The number of rotatable bonds is 7. The van der Waals surface area contributed by atoms with Gasteiger partial charge in [-0.1, -0.05) is 12.8 Å². The van der Waals surface area contributed by atoms with E-state index in [0.29, 0.717) is 18.7 Å². The van der Waals surface area contributed by atoms with Gasteiger partial charge in [0.1, 0.15) is 0 Å². The van der Waals surface area contributed by atoms with Crippen molar-refractivity contribution in [2.24, 2.45) is 11.8 Å². The molecular formula is C17H34N2O. The van der Waals surface area contributed by atoms with Gasteiger partial charge in [0.2, 0.25) is 0 Å². The standard InChI is InChI=1S/C17H34N2O/c1-14(2)19-12-16(8-5-9-20)10-17(13-19)18-11-15-6-3-4-7-15/h14-18,20H,3-13H2,1-2H3. The normalized spacial score (nSPS) is 29.4. The van der Waals surface area contributed by atoms with Gasteiger partial charge in [-0.3, -0.25) is 4.90 Å². The number of hydrogen-bond acceptors (Lipinski definition) is 3. The lowest BCUT2D eigenvalue weighted by molar-refractivity contribution is 0.101. The molecule has 1 heterocycles. The zero-order chi connectivity index (χ0) is 14.4. The van der Waals surface area contributed by atoms with E-state index >= 15 is 0 Å². The molecule has 2 aliphatic rings. The third kappa shape index (κ3) is 5.01. The minimum Gasteiger partial charge on any atom is -0.396 e. The molecule has 1 aliphatic heterocycles. The Bertz CT molecular complexity index is 264. The Morgan fingerprint density at radius 3 is 2.55 bits per heavy atom. The maximum atomic E-state index is 9.06. The Kier molecular flexibility index (Phi) is 6.79. The monoisotopic (exact) mass is 282 g/mol. The minimum absolute atomic E-state index is 0.346. The van der Waals surface area contributed by atoms with E-state index in [1.165, 1.54) is 58.2 Å². The molecule has 2 atom stereocenters. The fourth-order valence-electron chi connectivity index (χ4n) is 3.95. The second-order valence-corrected chi connectivity index (χ2v) is 7.27. The number of nitrogens with zero attached hydrogens (tertiary/aromatic N) is 1. The van der Waals surface area contributed by atoms with E-state index in [-0.39, 0.29) is 0 Å². The van der Waals surface area contributed by atoms with Crippen molar-refractivity contribution >= 4 is 0 Å². The molecule has 2 fully saturated rings. The average Bonchev–Trinajstić information content (AvgIpc) is 2.96. The third-order valence-corrected chi connectivity index (χ3v) is 5.24. The first-order chi connectivity index (χ1) is 9.69.